The Morgan fingerprint density at radius 1 is 1.19 bits per heavy atom. The van der Waals surface area contributed by atoms with Crippen LogP contribution < -0.4 is 15.4 Å². The van der Waals surface area contributed by atoms with Crippen LogP contribution in [0.3, 0.4) is 0 Å². The fourth-order valence-electron chi connectivity index (χ4n) is 3.28. The lowest BCUT2D eigenvalue weighted by atomic mass is 10.1. The molecule has 0 N–H and O–H groups in total. The third-order valence-corrected chi connectivity index (χ3v) is 5.27. The van der Waals surface area contributed by atoms with Crippen LogP contribution in [-0.2, 0) is 7.05 Å². The number of aromatic nitrogens is 6. The second-order valence-corrected chi connectivity index (χ2v) is 7.16. The average Bonchev–Trinajstić information content (AvgIpc) is 3.35. The second kappa shape index (κ2) is 5.52. The van der Waals surface area contributed by atoms with Gasteiger partial charge in [-0.15, -0.1) is 15.3 Å². The maximum Gasteiger partial charge on any atom is 0.255 e. The first-order valence-corrected chi connectivity index (χ1v) is 8.83. The minimum Gasteiger partial charge on any atom is -0.353 e. The Morgan fingerprint density at radius 2 is 2.00 bits per heavy atom. The predicted molar refractivity (Wildman–Crippen MR) is 96.6 cm³/mol. The van der Waals surface area contributed by atoms with E-state index >= 15 is 0 Å². The third-order valence-electron chi connectivity index (χ3n) is 5.27. The Morgan fingerprint density at radius 3 is 2.73 bits per heavy atom. The highest BCUT2D eigenvalue weighted by molar-refractivity contribution is 5.50. The van der Waals surface area contributed by atoms with Gasteiger partial charge >= 0.3 is 0 Å². The molecule has 3 aromatic heterocycles. The van der Waals surface area contributed by atoms with Crippen LogP contribution in [0.25, 0.3) is 5.65 Å². The zero-order chi connectivity index (χ0) is 17.8. The van der Waals surface area contributed by atoms with E-state index in [9.17, 15) is 4.79 Å². The predicted octanol–water partition coefficient (Wildman–Crippen LogP) is 0.420. The van der Waals surface area contributed by atoms with E-state index in [-0.39, 0.29) is 5.56 Å². The van der Waals surface area contributed by atoms with Gasteiger partial charge in [-0.1, -0.05) is 0 Å². The molecular formula is C17H20N8O. The van der Waals surface area contributed by atoms with Crippen molar-refractivity contribution >= 4 is 17.3 Å². The standard InChI is InChI=1S/C17H20N8O/c1-22-10-18-15(7-16(22)26)23(2)12-8-24(9-12)14-6-5-13-19-20-17(11-3-4-11)25(13)21-14/h5-7,10-12H,3-4,8-9H2,1-2H3. The van der Waals surface area contributed by atoms with Crippen LogP contribution in [0.5, 0.6) is 0 Å². The number of hydrogen-bond donors (Lipinski definition) is 0. The molecule has 0 unspecified atom stereocenters. The van der Waals surface area contributed by atoms with E-state index in [1.807, 2.05) is 23.7 Å². The van der Waals surface area contributed by atoms with Crippen molar-refractivity contribution in [3.8, 4) is 0 Å². The van der Waals surface area contributed by atoms with E-state index in [1.54, 1.807) is 19.4 Å². The lowest BCUT2D eigenvalue weighted by Crippen LogP contribution is -2.59. The van der Waals surface area contributed by atoms with Gasteiger partial charge in [0.25, 0.3) is 5.56 Å². The SMILES string of the molecule is CN(c1cc(=O)n(C)cn1)C1CN(c2ccc3nnc(C4CC4)n3n2)C1. The molecule has 1 saturated carbocycles. The van der Waals surface area contributed by atoms with Gasteiger partial charge in [0.2, 0.25) is 0 Å². The topological polar surface area (TPSA) is 84.5 Å². The summed E-state index contributed by atoms with van der Waals surface area (Å²) in [5.41, 5.74) is 0.750. The maximum atomic E-state index is 11.8. The van der Waals surface area contributed by atoms with Gasteiger partial charge in [-0.3, -0.25) is 4.79 Å². The van der Waals surface area contributed by atoms with E-state index in [0.29, 0.717) is 17.8 Å². The summed E-state index contributed by atoms with van der Waals surface area (Å²) in [7, 11) is 3.68. The first-order valence-electron chi connectivity index (χ1n) is 8.83. The second-order valence-electron chi connectivity index (χ2n) is 7.16. The Labute approximate surface area is 149 Å². The van der Waals surface area contributed by atoms with Gasteiger partial charge in [0.15, 0.2) is 11.5 Å². The third kappa shape index (κ3) is 2.42. The van der Waals surface area contributed by atoms with E-state index in [2.05, 4.69) is 25.0 Å². The Hall–Kier alpha value is -2.97. The summed E-state index contributed by atoms with van der Waals surface area (Å²) in [6, 6.07) is 5.84. The van der Waals surface area contributed by atoms with Crippen LogP contribution >= 0.6 is 0 Å². The monoisotopic (exact) mass is 352 g/mol. The van der Waals surface area contributed by atoms with Gasteiger partial charge in [0.05, 0.1) is 12.4 Å². The molecule has 0 bridgehead atoms. The molecule has 26 heavy (non-hydrogen) atoms. The number of hydrogen-bond acceptors (Lipinski definition) is 7. The minimum atomic E-state index is -0.0506. The van der Waals surface area contributed by atoms with E-state index in [1.165, 1.54) is 17.4 Å². The molecule has 9 nitrogen and oxygen atoms in total. The van der Waals surface area contributed by atoms with Gasteiger partial charge in [-0.25, -0.2) is 4.98 Å². The summed E-state index contributed by atoms with van der Waals surface area (Å²) in [5.74, 6) is 3.12. The first-order chi connectivity index (χ1) is 12.6. The van der Waals surface area contributed by atoms with Crippen molar-refractivity contribution in [2.24, 2.45) is 7.05 Å². The van der Waals surface area contributed by atoms with Crippen LogP contribution in [0.4, 0.5) is 11.6 Å². The van der Waals surface area contributed by atoms with Gasteiger partial charge < -0.3 is 14.4 Å². The molecule has 3 aromatic rings. The van der Waals surface area contributed by atoms with Crippen LogP contribution in [0.1, 0.15) is 24.6 Å². The largest absolute Gasteiger partial charge is 0.353 e. The van der Waals surface area contributed by atoms with Crippen molar-refractivity contribution in [3.63, 3.8) is 0 Å². The Bertz CT molecular complexity index is 1030. The van der Waals surface area contributed by atoms with Gasteiger partial charge in [0, 0.05) is 39.2 Å². The summed E-state index contributed by atoms with van der Waals surface area (Å²) >= 11 is 0. The smallest absolute Gasteiger partial charge is 0.255 e. The Balaban J connectivity index is 1.33. The molecule has 0 radical (unpaired) electrons. The molecule has 5 rings (SSSR count). The van der Waals surface area contributed by atoms with E-state index in [4.69, 9.17) is 5.10 Å². The molecule has 0 atom stereocenters. The van der Waals surface area contributed by atoms with Crippen molar-refractivity contribution < 1.29 is 0 Å². The van der Waals surface area contributed by atoms with Gasteiger partial charge in [0.1, 0.15) is 11.6 Å². The molecule has 0 spiro atoms. The highest BCUT2D eigenvalue weighted by atomic mass is 16.1. The molecule has 134 valence electrons. The normalized spacial score (nSPS) is 17.5. The molecule has 0 amide bonds. The fourth-order valence-corrected chi connectivity index (χ4v) is 3.28. The van der Waals surface area contributed by atoms with Crippen LogP contribution in [-0.4, -0.2) is 55.5 Å². The quantitative estimate of drug-likeness (QED) is 0.673. The number of nitrogens with zero attached hydrogens (tertiary/aromatic N) is 8. The van der Waals surface area contributed by atoms with E-state index < -0.39 is 0 Å². The highest BCUT2D eigenvalue weighted by Crippen LogP contribution is 2.38. The van der Waals surface area contributed by atoms with Gasteiger partial charge in [-0.05, 0) is 25.0 Å². The molecule has 2 aliphatic rings. The van der Waals surface area contributed by atoms with Crippen LogP contribution in [0.2, 0.25) is 0 Å². The zero-order valence-electron chi connectivity index (χ0n) is 14.8. The molecule has 1 aliphatic carbocycles. The summed E-state index contributed by atoms with van der Waals surface area (Å²) in [6.07, 6.45) is 3.91. The average molecular weight is 352 g/mol. The summed E-state index contributed by atoms with van der Waals surface area (Å²) in [5, 5.41) is 13.2. The van der Waals surface area contributed by atoms with E-state index in [0.717, 1.165) is 30.4 Å². The number of rotatable bonds is 4. The summed E-state index contributed by atoms with van der Waals surface area (Å²) in [6.45, 7) is 1.68. The number of fused-ring (bicyclic) bond motifs is 1. The van der Waals surface area contributed by atoms with Crippen molar-refractivity contribution in [2.45, 2.75) is 24.8 Å². The number of anilines is 2. The zero-order valence-corrected chi connectivity index (χ0v) is 14.8. The van der Waals surface area contributed by atoms with Crippen molar-refractivity contribution in [3.05, 3.63) is 40.7 Å². The molecule has 2 fully saturated rings. The van der Waals surface area contributed by atoms with Crippen LogP contribution in [0.15, 0.2) is 29.3 Å². The molecule has 1 aliphatic heterocycles. The van der Waals surface area contributed by atoms with Crippen molar-refractivity contribution in [2.75, 3.05) is 29.9 Å². The summed E-state index contributed by atoms with van der Waals surface area (Å²) < 4.78 is 3.35. The minimum absolute atomic E-state index is 0.0506. The number of likely N-dealkylation sites (N-methyl/N-ethyl adjacent to an activating group) is 1. The number of aryl methyl sites for hydroxylation is 1. The Kier molecular flexibility index (Phi) is 3.25. The fraction of sp³-hybridized carbons (Fsp3) is 0.471. The molecular weight excluding hydrogens is 332 g/mol. The first kappa shape index (κ1) is 15.3. The molecule has 9 heteroatoms. The van der Waals surface area contributed by atoms with Crippen LogP contribution in [0, 0.1) is 0 Å². The lowest BCUT2D eigenvalue weighted by Gasteiger charge is -2.44. The van der Waals surface area contributed by atoms with Gasteiger partial charge in [-0.2, -0.15) is 4.52 Å². The highest BCUT2D eigenvalue weighted by Gasteiger charge is 2.33. The van der Waals surface area contributed by atoms with Crippen molar-refractivity contribution in [1.82, 2.24) is 29.4 Å². The summed E-state index contributed by atoms with van der Waals surface area (Å²) in [4.78, 5) is 20.4. The molecule has 1 saturated heterocycles. The lowest BCUT2D eigenvalue weighted by molar-refractivity contribution is 0.486. The molecule has 0 aromatic carbocycles. The molecule has 4 heterocycles. The maximum absolute atomic E-state index is 11.8. The van der Waals surface area contributed by atoms with Crippen molar-refractivity contribution in [1.29, 1.82) is 0 Å².